The Morgan fingerprint density at radius 2 is 2.06 bits per heavy atom. The molecule has 0 spiro atoms. The Bertz CT molecular complexity index is 552. The van der Waals surface area contributed by atoms with E-state index in [-0.39, 0.29) is 5.91 Å². The zero-order chi connectivity index (χ0) is 13.0. The van der Waals surface area contributed by atoms with E-state index in [1.54, 1.807) is 6.20 Å². The molecule has 0 saturated heterocycles. The summed E-state index contributed by atoms with van der Waals surface area (Å²) in [7, 11) is 0. The fourth-order valence-electron chi connectivity index (χ4n) is 1.56. The van der Waals surface area contributed by atoms with Gasteiger partial charge in [0, 0.05) is 10.2 Å². The molecule has 2 aromatic rings. The summed E-state index contributed by atoms with van der Waals surface area (Å²) in [4.78, 5) is 16.0. The summed E-state index contributed by atoms with van der Waals surface area (Å²) >= 11 is 3.43. The summed E-state index contributed by atoms with van der Waals surface area (Å²) in [5.74, 6) is -0.0486. The highest BCUT2D eigenvalue weighted by Crippen LogP contribution is 2.17. The number of anilines is 1. The van der Waals surface area contributed by atoms with E-state index in [2.05, 4.69) is 26.2 Å². The number of benzene rings is 1. The molecular weight excluding hydrogens is 292 g/mol. The third kappa shape index (κ3) is 3.40. The number of carbonyl (C=O) groups is 1. The minimum Gasteiger partial charge on any atom is -0.324 e. The van der Waals surface area contributed by atoms with Crippen LogP contribution in [0.2, 0.25) is 0 Å². The van der Waals surface area contributed by atoms with Crippen molar-refractivity contribution in [2.24, 2.45) is 0 Å². The molecule has 0 aliphatic carbocycles. The lowest BCUT2D eigenvalue weighted by molar-refractivity contribution is -0.115. The second-order valence-electron chi connectivity index (χ2n) is 4.00. The van der Waals surface area contributed by atoms with Crippen LogP contribution >= 0.6 is 15.9 Å². The zero-order valence-electron chi connectivity index (χ0n) is 9.98. The van der Waals surface area contributed by atoms with Gasteiger partial charge in [-0.05, 0) is 30.7 Å². The average Bonchev–Trinajstić information content (AvgIpc) is 2.35. The lowest BCUT2D eigenvalue weighted by atomic mass is 10.1. The van der Waals surface area contributed by atoms with Gasteiger partial charge in [-0.15, -0.1) is 0 Å². The number of halogens is 1. The normalized spacial score (nSPS) is 10.1. The van der Waals surface area contributed by atoms with Gasteiger partial charge in [0.2, 0.25) is 5.91 Å². The number of hydrogen-bond donors (Lipinski definition) is 1. The molecule has 3 nitrogen and oxygen atoms in total. The smallest absolute Gasteiger partial charge is 0.228 e. The summed E-state index contributed by atoms with van der Waals surface area (Å²) in [5, 5.41) is 2.82. The molecule has 0 atom stereocenters. The topological polar surface area (TPSA) is 42.0 Å². The Morgan fingerprint density at radius 3 is 2.72 bits per heavy atom. The molecule has 1 aromatic carbocycles. The van der Waals surface area contributed by atoms with Crippen molar-refractivity contribution in [3.8, 4) is 0 Å². The van der Waals surface area contributed by atoms with E-state index in [1.165, 1.54) is 0 Å². The van der Waals surface area contributed by atoms with Crippen LogP contribution in [0.5, 0.6) is 0 Å². The largest absolute Gasteiger partial charge is 0.324 e. The molecule has 92 valence electrons. The van der Waals surface area contributed by atoms with Crippen LogP contribution in [-0.4, -0.2) is 10.9 Å². The summed E-state index contributed by atoms with van der Waals surface area (Å²) in [5.41, 5.74) is 2.62. The third-order valence-corrected chi connectivity index (χ3v) is 3.28. The lowest BCUT2D eigenvalue weighted by Crippen LogP contribution is -2.14. The Kier molecular flexibility index (Phi) is 4.10. The number of aromatic nitrogens is 1. The van der Waals surface area contributed by atoms with Gasteiger partial charge in [-0.25, -0.2) is 0 Å². The van der Waals surface area contributed by atoms with E-state index >= 15 is 0 Å². The summed E-state index contributed by atoms with van der Waals surface area (Å²) in [6.07, 6.45) is 2.00. The van der Waals surface area contributed by atoms with Gasteiger partial charge in [0.15, 0.2) is 0 Å². The van der Waals surface area contributed by atoms with Crippen molar-refractivity contribution in [1.82, 2.24) is 4.98 Å². The minimum atomic E-state index is -0.0486. The Morgan fingerprint density at radius 1 is 1.28 bits per heavy atom. The van der Waals surface area contributed by atoms with Crippen LogP contribution in [0.3, 0.4) is 0 Å². The zero-order valence-corrected chi connectivity index (χ0v) is 11.6. The molecule has 1 amide bonds. The Balaban J connectivity index is 2.01. The molecular formula is C14H13BrN2O. The van der Waals surface area contributed by atoms with Gasteiger partial charge < -0.3 is 5.32 Å². The van der Waals surface area contributed by atoms with E-state index in [9.17, 15) is 4.79 Å². The Hall–Kier alpha value is -1.68. The van der Waals surface area contributed by atoms with Crippen LogP contribution in [-0.2, 0) is 11.2 Å². The van der Waals surface area contributed by atoms with Gasteiger partial charge in [0.05, 0.1) is 18.3 Å². The predicted octanol–water partition coefficient (Wildman–Crippen LogP) is 3.33. The van der Waals surface area contributed by atoms with Gasteiger partial charge >= 0.3 is 0 Å². The number of carbonyl (C=O) groups excluding carboxylic acids is 1. The van der Waals surface area contributed by atoms with Gasteiger partial charge in [0.25, 0.3) is 0 Å². The summed E-state index contributed by atoms with van der Waals surface area (Å²) < 4.78 is 0.946. The van der Waals surface area contributed by atoms with E-state index in [0.29, 0.717) is 6.42 Å². The number of hydrogen-bond acceptors (Lipinski definition) is 2. The van der Waals surface area contributed by atoms with Crippen molar-refractivity contribution in [1.29, 1.82) is 0 Å². The Labute approximate surface area is 114 Å². The standard InChI is InChI=1S/C14H13BrN2O/c1-10-6-7-12(9-16-10)17-14(18)8-11-4-2-3-5-13(11)15/h2-7,9H,8H2,1H3,(H,17,18). The second-order valence-corrected chi connectivity index (χ2v) is 4.86. The number of rotatable bonds is 3. The van der Waals surface area contributed by atoms with Crippen molar-refractivity contribution in [2.45, 2.75) is 13.3 Å². The van der Waals surface area contributed by atoms with Crippen molar-refractivity contribution in [3.05, 3.63) is 58.3 Å². The van der Waals surface area contributed by atoms with Crippen LogP contribution in [0.15, 0.2) is 47.1 Å². The maximum absolute atomic E-state index is 11.9. The highest BCUT2D eigenvalue weighted by atomic mass is 79.9. The first-order valence-electron chi connectivity index (χ1n) is 5.61. The molecule has 1 heterocycles. The molecule has 1 aromatic heterocycles. The maximum atomic E-state index is 11.9. The van der Waals surface area contributed by atoms with E-state index in [4.69, 9.17) is 0 Å². The average molecular weight is 305 g/mol. The summed E-state index contributed by atoms with van der Waals surface area (Å²) in [6, 6.07) is 11.4. The van der Waals surface area contributed by atoms with Gasteiger partial charge in [-0.1, -0.05) is 34.1 Å². The van der Waals surface area contributed by atoms with Gasteiger partial charge in [0.1, 0.15) is 0 Å². The molecule has 0 saturated carbocycles. The number of nitrogens with one attached hydrogen (secondary N) is 1. The molecule has 0 bridgehead atoms. The highest BCUT2D eigenvalue weighted by Gasteiger charge is 2.06. The number of pyridine rings is 1. The third-order valence-electron chi connectivity index (χ3n) is 2.50. The molecule has 0 radical (unpaired) electrons. The molecule has 0 unspecified atom stereocenters. The van der Waals surface area contributed by atoms with Crippen LogP contribution in [0.1, 0.15) is 11.3 Å². The highest BCUT2D eigenvalue weighted by molar-refractivity contribution is 9.10. The lowest BCUT2D eigenvalue weighted by Gasteiger charge is -2.06. The number of nitrogens with zero attached hydrogens (tertiary/aromatic N) is 1. The van der Waals surface area contributed by atoms with Crippen LogP contribution in [0, 0.1) is 6.92 Å². The quantitative estimate of drug-likeness (QED) is 0.945. The first-order valence-corrected chi connectivity index (χ1v) is 6.40. The first-order chi connectivity index (χ1) is 8.65. The van der Waals surface area contributed by atoms with Crippen molar-refractivity contribution in [3.63, 3.8) is 0 Å². The van der Waals surface area contributed by atoms with E-state index in [0.717, 1.165) is 21.4 Å². The maximum Gasteiger partial charge on any atom is 0.228 e. The molecule has 0 aliphatic rings. The number of amides is 1. The van der Waals surface area contributed by atoms with E-state index in [1.807, 2.05) is 43.3 Å². The summed E-state index contributed by atoms with van der Waals surface area (Å²) in [6.45, 7) is 1.91. The van der Waals surface area contributed by atoms with E-state index < -0.39 is 0 Å². The first kappa shape index (κ1) is 12.8. The van der Waals surface area contributed by atoms with Gasteiger partial charge in [-0.2, -0.15) is 0 Å². The SMILES string of the molecule is Cc1ccc(NC(=O)Cc2ccccc2Br)cn1. The van der Waals surface area contributed by atoms with Crippen molar-refractivity contribution in [2.75, 3.05) is 5.32 Å². The van der Waals surface area contributed by atoms with Crippen LogP contribution < -0.4 is 5.32 Å². The molecule has 1 N–H and O–H groups in total. The molecule has 0 aliphatic heterocycles. The van der Waals surface area contributed by atoms with Crippen LogP contribution in [0.4, 0.5) is 5.69 Å². The molecule has 2 rings (SSSR count). The second kappa shape index (κ2) is 5.78. The van der Waals surface area contributed by atoms with Crippen LogP contribution in [0.25, 0.3) is 0 Å². The minimum absolute atomic E-state index is 0.0486. The predicted molar refractivity (Wildman–Crippen MR) is 75.4 cm³/mol. The fraction of sp³-hybridized carbons (Fsp3) is 0.143. The van der Waals surface area contributed by atoms with Gasteiger partial charge in [-0.3, -0.25) is 9.78 Å². The molecule has 18 heavy (non-hydrogen) atoms. The number of aryl methyl sites for hydroxylation is 1. The van der Waals surface area contributed by atoms with Crippen molar-refractivity contribution >= 4 is 27.5 Å². The molecule has 4 heteroatoms. The fourth-order valence-corrected chi connectivity index (χ4v) is 1.99. The monoisotopic (exact) mass is 304 g/mol. The van der Waals surface area contributed by atoms with Crippen molar-refractivity contribution < 1.29 is 4.79 Å². The molecule has 0 fully saturated rings.